The van der Waals surface area contributed by atoms with E-state index in [4.69, 9.17) is 0 Å². The first-order chi connectivity index (χ1) is 10.2. The number of piperidine rings is 3. The molecule has 3 amide bonds. The molecule has 3 fully saturated rings. The first-order valence-electron chi connectivity index (χ1n) is 7.43. The third kappa shape index (κ3) is 3.58. The monoisotopic (exact) mass is 288 g/mol. The lowest BCUT2D eigenvalue weighted by Gasteiger charge is -2.44. The lowest BCUT2D eigenvalue weighted by Crippen LogP contribution is -2.59. The number of hydrogen-bond acceptors (Lipinski definition) is 4. The normalized spacial score (nSPS) is 27.1. The van der Waals surface area contributed by atoms with Gasteiger partial charge in [-0.1, -0.05) is 6.07 Å². The van der Waals surface area contributed by atoms with Crippen LogP contribution in [0.2, 0.25) is 0 Å². The van der Waals surface area contributed by atoms with E-state index in [0.717, 1.165) is 32.5 Å². The molecule has 0 aromatic carbocycles. The number of hydrogen-bond donors (Lipinski definition) is 2. The SMILES string of the molecule is O=C(Cc1ccccn1)NC(=O)NC1CN2CCC1CC2. The molecule has 3 saturated heterocycles. The van der Waals surface area contributed by atoms with Crippen LogP contribution in [0.5, 0.6) is 0 Å². The molecule has 0 aliphatic carbocycles. The van der Waals surface area contributed by atoms with Crippen molar-refractivity contribution in [2.45, 2.75) is 25.3 Å². The fraction of sp³-hybridized carbons (Fsp3) is 0.533. The number of carbonyl (C=O) groups is 2. The molecule has 3 aliphatic rings. The Labute approximate surface area is 123 Å². The molecule has 1 aromatic rings. The first kappa shape index (κ1) is 14.0. The molecule has 6 nitrogen and oxygen atoms in total. The number of urea groups is 1. The molecule has 112 valence electrons. The molecule has 0 spiro atoms. The van der Waals surface area contributed by atoms with Crippen LogP contribution in [0.15, 0.2) is 24.4 Å². The van der Waals surface area contributed by atoms with Crippen molar-refractivity contribution in [3.05, 3.63) is 30.1 Å². The van der Waals surface area contributed by atoms with E-state index >= 15 is 0 Å². The summed E-state index contributed by atoms with van der Waals surface area (Å²) >= 11 is 0. The van der Waals surface area contributed by atoms with E-state index in [-0.39, 0.29) is 18.4 Å². The molecule has 0 radical (unpaired) electrons. The number of amides is 3. The van der Waals surface area contributed by atoms with Crippen molar-refractivity contribution in [2.75, 3.05) is 19.6 Å². The van der Waals surface area contributed by atoms with Gasteiger partial charge in [0.2, 0.25) is 5.91 Å². The van der Waals surface area contributed by atoms with Gasteiger partial charge in [0.25, 0.3) is 0 Å². The maximum absolute atomic E-state index is 11.9. The second-order valence-electron chi connectivity index (χ2n) is 5.76. The number of carbonyl (C=O) groups excluding carboxylic acids is 2. The van der Waals surface area contributed by atoms with Gasteiger partial charge in [0.1, 0.15) is 0 Å². The third-order valence-corrected chi connectivity index (χ3v) is 4.29. The van der Waals surface area contributed by atoms with E-state index < -0.39 is 6.03 Å². The smallest absolute Gasteiger partial charge is 0.321 e. The van der Waals surface area contributed by atoms with Crippen molar-refractivity contribution in [3.63, 3.8) is 0 Å². The predicted molar refractivity (Wildman–Crippen MR) is 77.6 cm³/mol. The average molecular weight is 288 g/mol. The summed E-state index contributed by atoms with van der Waals surface area (Å²) < 4.78 is 0. The van der Waals surface area contributed by atoms with Crippen LogP contribution in [-0.2, 0) is 11.2 Å². The second-order valence-corrected chi connectivity index (χ2v) is 5.76. The summed E-state index contributed by atoms with van der Waals surface area (Å²) in [5.41, 5.74) is 0.658. The molecule has 2 N–H and O–H groups in total. The molecule has 2 bridgehead atoms. The summed E-state index contributed by atoms with van der Waals surface area (Å²) in [5.74, 6) is 0.221. The topological polar surface area (TPSA) is 74.3 Å². The number of pyridine rings is 1. The molecule has 4 rings (SSSR count). The number of aromatic nitrogens is 1. The van der Waals surface area contributed by atoms with Crippen LogP contribution >= 0.6 is 0 Å². The standard InChI is InChI=1S/C15H20N4O2/c20-14(9-12-3-1-2-6-16-12)18-15(21)17-13-10-19-7-4-11(13)5-8-19/h1-3,6,11,13H,4-5,7-10H2,(H2,17,18,20,21). The summed E-state index contributed by atoms with van der Waals surface area (Å²) in [6.45, 7) is 3.15. The maximum Gasteiger partial charge on any atom is 0.321 e. The second kappa shape index (κ2) is 6.22. The fourth-order valence-electron chi connectivity index (χ4n) is 3.17. The highest BCUT2D eigenvalue weighted by Crippen LogP contribution is 2.27. The first-order valence-corrected chi connectivity index (χ1v) is 7.43. The summed E-state index contributed by atoms with van der Waals surface area (Å²) in [4.78, 5) is 30.1. The molecule has 1 unspecified atom stereocenters. The van der Waals surface area contributed by atoms with E-state index in [2.05, 4.69) is 20.5 Å². The molecule has 0 saturated carbocycles. The summed E-state index contributed by atoms with van der Waals surface area (Å²) in [6, 6.07) is 5.15. The quantitative estimate of drug-likeness (QED) is 0.851. The maximum atomic E-state index is 11.9. The van der Waals surface area contributed by atoms with Crippen LogP contribution in [0.1, 0.15) is 18.5 Å². The van der Waals surface area contributed by atoms with Crippen molar-refractivity contribution < 1.29 is 9.59 Å². The van der Waals surface area contributed by atoms with E-state index in [0.29, 0.717) is 11.6 Å². The third-order valence-electron chi connectivity index (χ3n) is 4.29. The number of nitrogens with one attached hydrogen (secondary N) is 2. The summed E-state index contributed by atoms with van der Waals surface area (Å²) in [5, 5.41) is 5.32. The predicted octanol–water partition coefficient (Wildman–Crippen LogP) is 0.544. The van der Waals surface area contributed by atoms with Gasteiger partial charge >= 0.3 is 6.03 Å². The Hall–Kier alpha value is -1.95. The van der Waals surface area contributed by atoms with E-state index in [1.807, 2.05) is 6.07 Å². The highest BCUT2D eigenvalue weighted by Gasteiger charge is 2.34. The number of fused-ring (bicyclic) bond motifs is 3. The number of rotatable bonds is 3. The molecule has 21 heavy (non-hydrogen) atoms. The zero-order valence-electron chi connectivity index (χ0n) is 11.9. The molecular formula is C15H20N4O2. The van der Waals surface area contributed by atoms with Crippen molar-refractivity contribution in [2.24, 2.45) is 5.92 Å². The Morgan fingerprint density at radius 2 is 2.10 bits per heavy atom. The van der Waals surface area contributed by atoms with Gasteiger partial charge in [-0.05, 0) is 44.0 Å². The number of imide groups is 1. The van der Waals surface area contributed by atoms with Crippen LogP contribution < -0.4 is 10.6 Å². The Morgan fingerprint density at radius 3 is 2.71 bits per heavy atom. The van der Waals surface area contributed by atoms with Gasteiger partial charge in [-0.3, -0.25) is 15.1 Å². The molecule has 3 aliphatic heterocycles. The molecule has 1 atom stereocenters. The van der Waals surface area contributed by atoms with E-state index in [1.54, 1.807) is 18.3 Å². The minimum Gasteiger partial charge on any atom is -0.333 e. The van der Waals surface area contributed by atoms with Gasteiger partial charge in [-0.2, -0.15) is 0 Å². The Kier molecular flexibility index (Phi) is 4.15. The van der Waals surface area contributed by atoms with Gasteiger partial charge < -0.3 is 10.2 Å². The average Bonchev–Trinajstić information content (AvgIpc) is 2.49. The highest BCUT2D eigenvalue weighted by molar-refractivity contribution is 5.95. The van der Waals surface area contributed by atoms with Crippen molar-refractivity contribution >= 4 is 11.9 Å². The molecular weight excluding hydrogens is 268 g/mol. The lowest BCUT2D eigenvalue weighted by atomic mass is 9.84. The Balaban J connectivity index is 1.47. The molecule has 4 heterocycles. The summed E-state index contributed by atoms with van der Waals surface area (Å²) in [7, 11) is 0. The fourth-order valence-corrected chi connectivity index (χ4v) is 3.17. The van der Waals surface area contributed by atoms with Crippen LogP contribution in [0, 0.1) is 5.92 Å². The van der Waals surface area contributed by atoms with Gasteiger partial charge in [0.05, 0.1) is 6.42 Å². The summed E-state index contributed by atoms with van der Waals surface area (Å²) in [6.07, 6.45) is 4.02. The molecule has 1 aromatic heterocycles. The van der Waals surface area contributed by atoms with Gasteiger partial charge in [-0.15, -0.1) is 0 Å². The zero-order chi connectivity index (χ0) is 14.7. The van der Waals surface area contributed by atoms with Crippen LogP contribution in [0.25, 0.3) is 0 Å². The molecule has 6 heteroatoms. The highest BCUT2D eigenvalue weighted by atomic mass is 16.2. The van der Waals surface area contributed by atoms with E-state index in [1.165, 1.54) is 0 Å². The van der Waals surface area contributed by atoms with Crippen LogP contribution in [0.4, 0.5) is 4.79 Å². The van der Waals surface area contributed by atoms with Gasteiger partial charge in [0.15, 0.2) is 0 Å². The van der Waals surface area contributed by atoms with Crippen molar-refractivity contribution in [3.8, 4) is 0 Å². The Bertz CT molecular complexity index is 512. The van der Waals surface area contributed by atoms with Crippen LogP contribution in [0.3, 0.4) is 0 Å². The zero-order valence-corrected chi connectivity index (χ0v) is 11.9. The number of nitrogens with zero attached hydrogens (tertiary/aromatic N) is 2. The van der Waals surface area contributed by atoms with Crippen LogP contribution in [-0.4, -0.2) is 47.5 Å². The van der Waals surface area contributed by atoms with Gasteiger partial charge in [0, 0.05) is 24.5 Å². The van der Waals surface area contributed by atoms with Crippen molar-refractivity contribution in [1.82, 2.24) is 20.5 Å². The van der Waals surface area contributed by atoms with Crippen molar-refractivity contribution in [1.29, 1.82) is 0 Å². The lowest BCUT2D eigenvalue weighted by molar-refractivity contribution is -0.119. The minimum atomic E-state index is -0.394. The Morgan fingerprint density at radius 1 is 1.29 bits per heavy atom. The largest absolute Gasteiger partial charge is 0.333 e. The minimum absolute atomic E-state index is 0.120. The van der Waals surface area contributed by atoms with Gasteiger partial charge in [-0.25, -0.2) is 4.79 Å². The van der Waals surface area contributed by atoms with E-state index in [9.17, 15) is 9.59 Å².